The maximum absolute atomic E-state index is 2.47. The molecule has 61 heavy (non-hydrogen) atoms. The number of rotatable bonds is 6. The van der Waals surface area contributed by atoms with Crippen LogP contribution in [0.15, 0.2) is 212 Å². The largest absolute Gasteiger partial charge is 0.310 e. The molecule has 1 aliphatic rings. The van der Waals surface area contributed by atoms with Crippen LogP contribution >= 0.6 is 11.3 Å². The molecule has 12 rings (SSSR count). The van der Waals surface area contributed by atoms with Gasteiger partial charge in [-0.3, -0.25) is 0 Å². The lowest BCUT2D eigenvalue weighted by Crippen LogP contribution is -2.17. The molecule has 0 saturated heterocycles. The molecule has 0 spiro atoms. The van der Waals surface area contributed by atoms with Crippen molar-refractivity contribution in [3.8, 4) is 44.5 Å². The molecule has 0 aliphatic heterocycles. The summed E-state index contributed by atoms with van der Waals surface area (Å²) in [7, 11) is 0. The van der Waals surface area contributed by atoms with Crippen LogP contribution in [0.4, 0.5) is 17.1 Å². The smallest absolute Gasteiger partial charge is 0.0546 e. The molecule has 0 N–H and O–H groups in total. The van der Waals surface area contributed by atoms with Crippen LogP contribution in [0.25, 0.3) is 86.2 Å². The Morgan fingerprint density at radius 2 is 0.852 bits per heavy atom. The molecule has 10 aromatic carbocycles. The molecule has 1 heterocycles. The first-order valence-electron chi connectivity index (χ1n) is 21.2. The standard InChI is InChI=1S/C59H41NS/c1-59(2)54-35-43(38-12-4-3-5-13-38)26-31-49(54)50-32-30-46(37-55(50)59)60(56-36-44-14-6-7-15-47(44)48-16-8-9-17-51(48)56)45-28-24-40(25-29-45)39-20-22-41(23-21-39)42-27-33-58-53(34-42)52-18-10-11-19-57(52)61-58/h3-37H,1-2H3. The van der Waals surface area contributed by atoms with Gasteiger partial charge in [0.25, 0.3) is 0 Å². The van der Waals surface area contributed by atoms with Gasteiger partial charge in [0, 0.05) is 42.3 Å². The molecule has 0 atom stereocenters. The second-order valence-corrected chi connectivity index (χ2v) is 18.0. The van der Waals surface area contributed by atoms with Crippen LogP contribution in [-0.2, 0) is 5.41 Å². The van der Waals surface area contributed by atoms with Gasteiger partial charge >= 0.3 is 0 Å². The minimum absolute atomic E-state index is 0.179. The van der Waals surface area contributed by atoms with Crippen LogP contribution in [0.2, 0.25) is 0 Å². The van der Waals surface area contributed by atoms with Gasteiger partial charge in [-0.1, -0.05) is 172 Å². The summed E-state index contributed by atoms with van der Waals surface area (Å²) < 4.78 is 2.67. The van der Waals surface area contributed by atoms with Crippen LogP contribution in [0.3, 0.4) is 0 Å². The Balaban J connectivity index is 0.949. The third kappa shape index (κ3) is 5.82. The van der Waals surface area contributed by atoms with Crippen LogP contribution in [0, 0.1) is 0 Å². The highest BCUT2D eigenvalue weighted by Gasteiger charge is 2.36. The van der Waals surface area contributed by atoms with Crippen LogP contribution in [0.1, 0.15) is 25.0 Å². The molecule has 1 aliphatic carbocycles. The van der Waals surface area contributed by atoms with Crippen molar-refractivity contribution in [2.75, 3.05) is 4.90 Å². The molecule has 1 aromatic heterocycles. The third-order valence-electron chi connectivity index (χ3n) is 13.1. The van der Waals surface area contributed by atoms with Gasteiger partial charge < -0.3 is 4.90 Å². The van der Waals surface area contributed by atoms with Gasteiger partial charge in [0.15, 0.2) is 0 Å². The summed E-state index contributed by atoms with van der Waals surface area (Å²) in [6.45, 7) is 4.77. The maximum Gasteiger partial charge on any atom is 0.0546 e. The Morgan fingerprint density at radius 1 is 0.344 bits per heavy atom. The Hall–Kier alpha value is -7.26. The topological polar surface area (TPSA) is 3.24 Å². The first kappa shape index (κ1) is 35.7. The van der Waals surface area contributed by atoms with Crippen molar-refractivity contribution in [2.24, 2.45) is 0 Å². The zero-order valence-corrected chi connectivity index (χ0v) is 34.9. The van der Waals surface area contributed by atoms with E-state index in [-0.39, 0.29) is 5.41 Å². The lowest BCUT2D eigenvalue weighted by molar-refractivity contribution is 0.660. The van der Waals surface area contributed by atoms with Crippen molar-refractivity contribution in [3.63, 3.8) is 0 Å². The summed E-state index contributed by atoms with van der Waals surface area (Å²) in [6.07, 6.45) is 0. The number of nitrogens with zero attached hydrogens (tertiary/aromatic N) is 1. The highest BCUT2D eigenvalue weighted by molar-refractivity contribution is 7.25. The fourth-order valence-electron chi connectivity index (χ4n) is 9.89. The molecule has 2 heteroatoms. The Labute approximate surface area is 360 Å². The van der Waals surface area contributed by atoms with Crippen molar-refractivity contribution in [3.05, 3.63) is 223 Å². The minimum Gasteiger partial charge on any atom is -0.310 e. The van der Waals surface area contributed by atoms with Crippen LogP contribution in [-0.4, -0.2) is 0 Å². The summed E-state index contributed by atoms with van der Waals surface area (Å²) in [4.78, 5) is 2.47. The summed E-state index contributed by atoms with van der Waals surface area (Å²) in [5, 5.41) is 7.64. The molecule has 0 radical (unpaired) electrons. The van der Waals surface area contributed by atoms with Crippen LogP contribution in [0.5, 0.6) is 0 Å². The number of hydrogen-bond acceptors (Lipinski definition) is 2. The van der Waals surface area contributed by atoms with E-state index in [1.165, 1.54) is 103 Å². The fourth-order valence-corrected chi connectivity index (χ4v) is 11.0. The number of benzene rings is 10. The van der Waals surface area contributed by atoms with Crippen molar-refractivity contribution in [1.29, 1.82) is 0 Å². The molecule has 0 saturated carbocycles. The van der Waals surface area contributed by atoms with Crippen LogP contribution < -0.4 is 4.90 Å². The number of anilines is 3. The van der Waals surface area contributed by atoms with E-state index in [0.717, 1.165) is 11.4 Å². The van der Waals surface area contributed by atoms with Crippen molar-refractivity contribution >= 4 is 70.1 Å². The van der Waals surface area contributed by atoms with Gasteiger partial charge in [0.1, 0.15) is 0 Å². The van der Waals surface area contributed by atoms with Gasteiger partial charge in [-0.05, 0) is 126 Å². The molecule has 1 nitrogen and oxygen atoms in total. The van der Waals surface area contributed by atoms with E-state index in [1.54, 1.807) is 0 Å². The van der Waals surface area contributed by atoms with E-state index in [0.29, 0.717) is 0 Å². The predicted molar refractivity (Wildman–Crippen MR) is 263 cm³/mol. The highest BCUT2D eigenvalue weighted by atomic mass is 32.1. The average Bonchev–Trinajstić information content (AvgIpc) is 3.80. The summed E-state index contributed by atoms with van der Waals surface area (Å²) in [5.74, 6) is 0. The fraction of sp³-hybridized carbons (Fsp3) is 0.0508. The molecule has 11 aromatic rings. The second-order valence-electron chi connectivity index (χ2n) is 16.9. The summed E-state index contributed by atoms with van der Waals surface area (Å²) >= 11 is 1.86. The second kappa shape index (κ2) is 13.9. The van der Waals surface area contributed by atoms with E-state index < -0.39 is 0 Å². The van der Waals surface area contributed by atoms with E-state index in [4.69, 9.17) is 0 Å². The first-order valence-corrected chi connectivity index (χ1v) is 22.0. The molecule has 0 unspecified atom stereocenters. The Bertz CT molecular complexity index is 3480. The Kier molecular flexibility index (Phi) is 8.13. The number of thiophene rings is 1. The third-order valence-corrected chi connectivity index (χ3v) is 14.2. The van der Waals surface area contributed by atoms with E-state index in [1.807, 2.05) is 11.3 Å². The number of fused-ring (bicyclic) bond motifs is 9. The van der Waals surface area contributed by atoms with E-state index in [2.05, 4.69) is 231 Å². The lowest BCUT2D eigenvalue weighted by atomic mass is 9.81. The van der Waals surface area contributed by atoms with Gasteiger partial charge in [-0.25, -0.2) is 0 Å². The normalized spacial score (nSPS) is 12.9. The molecule has 0 bridgehead atoms. The molecule has 288 valence electrons. The first-order chi connectivity index (χ1) is 30.0. The lowest BCUT2D eigenvalue weighted by Gasteiger charge is -2.29. The van der Waals surface area contributed by atoms with Gasteiger partial charge in [0.05, 0.1) is 5.69 Å². The predicted octanol–water partition coefficient (Wildman–Crippen LogP) is 17.1. The summed E-state index contributed by atoms with van der Waals surface area (Å²) in [6, 6.07) is 78.7. The zero-order chi connectivity index (χ0) is 40.7. The molecule has 0 amide bonds. The quantitative estimate of drug-likeness (QED) is 0.152. The monoisotopic (exact) mass is 795 g/mol. The molecular formula is C59H41NS. The van der Waals surface area contributed by atoms with Crippen molar-refractivity contribution < 1.29 is 0 Å². The zero-order valence-electron chi connectivity index (χ0n) is 34.1. The maximum atomic E-state index is 2.47. The highest BCUT2D eigenvalue weighted by Crippen LogP contribution is 2.52. The average molecular weight is 796 g/mol. The minimum atomic E-state index is -0.179. The molecule has 0 fully saturated rings. The SMILES string of the molecule is CC1(C)c2cc(-c3ccccc3)ccc2-c2ccc(N(c3ccc(-c4ccc(-c5ccc6sc7ccccc7c6c5)cc4)cc3)c3cc4ccccc4c4ccccc34)cc21. The van der Waals surface area contributed by atoms with E-state index >= 15 is 0 Å². The van der Waals surface area contributed by atoms with Gasteiger partial charge in [0.2, 0.25) is 0 Å². The Morgan fingerprint density at radius 3 is 1.62 bits per heavy atom. The van der Waals surface area contributed by atoms with Crippen molar-refractivity contribution in [1.82, 2.24) is 0 Å². The van der Waals surface area contributed by atoms with E-state index in [9.17, 15) is 0 Å². The van der Waals surface area contributed by atoms with Gasteiger partial charge in [-0.2, -0.15) is 0 Å². The van der Waals surface area contributed by atoms with Crippen molar-refractivity contribution in [2.45, 2.75) is 19.3 Å². The molecular weight excluding hydrogens is 755 g/mol. The van der Waals surface area contributed by atoms with Gasteiger partial charge in [-0.15, -0.1) is 11.3 Å². The number of hydrogen-bond donors (Lipinski definition) is 0. The summed E-state index contributed by atoms with van der Waals surface area (Å²) in [5.41, 5.74) is 16.0.